The smallest absolute Gasteiger partial charge is 0.372 e. The number of aromatic nitrogens is 2. The van der Waals surface area contributed by atoms with Gasteiger partial charge in [-0.3, -0.25) is 4.79 Å². The minimum absolute atomic E-state index is 0.111. The molecule has 1 amide bonds. The molecule has 3 aromatic rings. The lowest BCUT2D eigenvalue weighted by molar-refractivity contribution is -0.389. The van der Waals surface area contributed by atoms with Crippen molar-refractivity contribution < 1.29 is 14.5 Å². The first-order valence-corrected chi connectivity index (χ1v) is 9.78. The van der Waals surface area contributed by atoms with Gasteiger partial charge in [0.1, 0.15) is 12.2 Å². The highest BCUT2D eigenvalue weighted by molar-refractivity contribution is 7.15. The van der Waals surface area contributed by atoms with Crippen LogP contribution in [0.15, 0.2) is 41.9 Å². The Labute approximate surface area is 164 Å². The Morgan fingerprint density at radius 1 is 1.32 bits per heavy atom. The quantitative estimate of drug-likeness (QED) is 0.502. The average Bonchev–Trinajstić information content (AvgIpc) is 3.29. The average molecular weight is 401 g/mol. The largest absolute Gasteiger partial charge is 0.378 e. The van der Waals surface area contributed by atoms with Gasteiger partial charge in [-0.1, -0.05) is 41.7 Å². The van der Waals surface area contributed by atoms with Gasteiger partial charge in [0.25, 0.3) is 4.96 Å². The summed E-state index contributed by atoms with van der Waals surface area (Å²) in [5.41, 5.74) is 0.963. The molecule has 3 heterocycles. The third kappa shape index (κ3) is 3.69. The van der Waals surface area contributed by atoms with Crippen molar-refractivity contribution in [3.05, 3.63) is 57.6 Å². The highest BCUT2D eigenvalue weighted by Crippen LogP contribution is 2.29. The molecule has 1 atom stereocenters. The molecule has 1 aliphatic heterocycles. The highest BCUT2D eigenvalue weighted by atomic mass is 32.1. The number of morpholine rings is 1. The molecule has 0 radical (unpaired) electrons. The van der Waals surface area contributed by atoms with Crippen LogP contribution in [0.2, 0.25) is 0 Å². The van der Waals surface area contributed by atoms with E-state index in [2.05, 4.69) is 10.3 Å². The summed E-state index contributed by atoms with van der Waals surface area (Å²) >= 11 is 1.30. The van der Waals surface area contributed by atoms with E-state index in [0.29, 0.717) is 37.7 Å². The maximum absolute atomic E-state index is 13.1. The summed E-state index contributed by atoms with van der Waals surface area (Å²) in [5, 5.41) is 16.4. The number of hydrogen-bond acceptors (Lipinski definition) is 7. The van der Waals surface area contributed by atoms with Crippen LogP contribution >= 0.6 is 11.3 Å². The van der Waals surface area contributed by atoms with Gasteiger partial charge in [0.2, 0.25) is 11.7 Å². The number of benzene rings is 1. The van der Waals surface area contributed by atoms with Gasteiger partial charge in [-0.05, 0) is 10.5 Å². The number of rotatable bonds is 6. The summed E-state index contributed by atoms with van der Waals surface area (Å²) in [4.78, 5) is 30.8. The second-order valence-electron chi connectivity index (χ2n) is 6.42. The van der Waals surface area contributed by atoms with E-state index in [4.69, 9.17) is 4.74 Å². The van der Waals surface area contributed by atoms with Gasteiger partial charge < -0.3 is 25.1 Å². The van der Waals surface area contributed by atoms with Crippen LogP contribution in [0, 0.1) is 10.1 Å². The van der Waals surface area contributed by atoms with E-state index in [0.717, 1.165) is 5.56 Å². The molecule has 1 N–H and O–H groups in total. The number of nitrogens with one attached hydrogen (secondary N) is 1. The number of fused-ring (bicyclic) bond motifs is 1. The number of amides is 1. The third-order valence-corrected chi connectivity index (χ3v) is 5.38. The number of thiazole rings is 1. The molecule has 0 aliphatic carbocycles. The number of anilines is 1. The summed E-state index contributed by atoms with van der Waals surface area (Å²) in [6, 6.07) is 8.91. The van der Waals surface area contributed by atoms with Crippen LogP contribution < -0.4 is 5.32 Å². The molecule has 146 valence electrons. The molecule has 0 bridgehead atoms. The van der Waals surface area contributed by atoms with Gasteiger partial charge in [0, 0.05) is 24.9 Å². The SMILES string of the molecule is O=C(C(Cc1ccccc1)Nc1nc2sccn2c1[N+](=O)[O-])N1CCOCC1. The van der Waals surface area contributed by atoms with Gasteiger partial charge in [-0.15, -0.1) is 0 Å². The fraction of sp³-hybridized carbons (Fsp3) is 0.333. The molecule has 0 saturated carbocycles. The van der Waals surface area contributed by atoms with Crippen LogP contribution in [0.3, 0.4) is 0 Å². The predicted molar refractivity (Wildman–Crippen MR) is 105 cm³/mol. The summed E-state index contributed by atoms with van der Waals surface area (Å²) in [6.07, 6.45) is 2.01. The molecular formula is C18H19N5O4S. The van der Waals surface area contributed by atoms with E-state index in [1.807, 2.05) is 30.3 Å². The van der Waals surface area contributed by atoms with Crippen LogP contribution in [0.5, 0.6) is 0 Å². The fourth-order valence-electron chi connectivity index (χ4n) is 3.26. The maximum Gasteiger partial charge on any atom is 0.372 e. The fourth-order valence-corrected chi connectivity index (χ4v) is 3.97. The van der Waals surface area contributed by atoms with Crippen molar-refractivity contribution in [3.8, 4) is 0 Å². The molecule has 1 fully saturated rings. The molecular weight excluding hydrogens is 382 g/mol. The minimum Gasteiger partial charge on any atom is -0.378 e. The Kier molecular flexibility index (Phi) is 5.22. The Hall–Kier alpha value is -2.98. The van der Waals surface area contributed by atoms with Crippen molar-refractivity contribution in [1.82, 2.24) is 14.3 Å². The van der Waals surface area contributed by atoms with Gasteiger partial charge >= 0.3 is 5.82 Å². The molecule has 9 nitrogen and oxygen atoms in total. The number of ether oxygens (including phenoxy) is 1. The first-order chi connectivity index (χ1) is 13.6. The predicted octanol–water partition coefficient (Wildman–Crippen LogP) is 2.19. The lowest BCUT2D eigenvalue weighted by atomic mass is 10.0. The highest BCUT2D eigenvalue weighted by Gasteiger charge is 2.31. The zero-order chi connectivity index (χ0) is 19.5. The Morgan fingerprint density at radius 2 is 2.07 bits per heavy atom. The Morgan fingerprint density at radius 3 is 2.79 bits per heavy atom. The van der Waals surface area contributed by atoms with E-state index < -0.39 is 11.0 Å². The third-order valence-electron chi connectivity index (χ3n) is 4.62. The number of nitro groups is 1. The number of nitrogens with zero attached hydrogens (tertiary/aromatic N) is 4. The van der Waals surface area contributed by atoms with E-state index in [-0.39, 0.29) is 17.5 Å². The van der Waals surface area contributed by atoms with Crippen molar-refractivity contribution in [3.63, 3.8) is 0 Å². The van der Waals surface area contributed by atoms with Crippen molar-refractivity contribution in [2.45, 2.75) is 12.5 Å². The van der Waals surface area contributed by atoms with Crippen molar-refractivity contribution in [2.75, 3.05) is 31.6 Å². The van der Waals surface area contributed by atoms with Gasteiger partial charge in [0.15, 0.2) is 0 Å². The molecule has 4 rings (SSSR count). The monoisotopic (exact) mass is 401 g/mol. The first kappa shape index (κ1) is 18.4. The first-order valence-electron chi connectivity index (χ1n) is 8.90. The summed E-state index contributed by atoms with van der Waals surface area (Å²) < 4.78 is 6.75. The molecule has 1 saturated heterocycles. The van der Waals surface area contributed by atoms with Crippen LogP contribution in [0.25, 0.3) is 4.96 Å². The maximum atomic E-state index is 13.1. The topological polar surface area (TPSA) is 102 Å². The summed E-state index contributed by atoms with van der Waals surface area (Å²) in [6.45, 7) is 1.99. The molecule has 0 spiro atoms. The normalized spacial score (nSPS) is 15.5. The zero-order valence-electron chi connectivity index (χ0n) is 15.0. The van der Waals surface area contributed by atoms with Crippen molar-refractivity contribution >= 4 is 33.8 Å². The van der Waals surface area contributed by atoms with Crippen LogP contribution in [-0.2, 0) is 16.0 Å². The summed E-state index contributed by atoms with van der Waals surface area (Å²) in [5.74, 6) is -0.165. The lowest BCUT2D eigenvalue weighted by Gasteiger charge is -2.30. The van der Waals surface area contributed by atoms with Crippen molar-refractivity contribution in [2.24, 2.45) is 0 Å². The van der Waals surface area contributed by atoms with Crippen LogP contribution in [0.4, 0.5) is 11.6 Å². The lowest BCUT2D eigenvalue weighted by Crippen LogP contribution is -2.48. The molecule has 2 aromatic heterocycles. The van der Waals surface area contributed by atoms with Gasteiger partial charge in [0.05, 0.1) is 13.2 Å². The van der Waals surface area contributed by atoms with Crippen molar-refractivity contribution in [1.29, 1.82) is 0 Å². The van der Waals surface area contributed by atoms with E-state index in [1.165, 1.54) is 15.7 Å². The Bertz CT molecular complexity index is 980. The van der Waals surface area contributed by atoms with Crippen LogP contribution in [-0.4, -0.2) is 57.5 Å². The van der Waals surface area contributed by atoms with E-state index in [9.17, 15) is 14.9 Å². The second-order valence-corrected chi connectivity index (χ2v) is 7.29. The summed E-state index contributed by atoms with van der Waals surface area (Å²) in [7, 11) is 0. The number of hydrogen-bond donors (Lipinski definition) is 1. The molecule has 1 aliphatic rings. The molecule has 10 heteroatoms. The minimum atomic E-state index is -0.663. The van der Waals surface area contributed by atoms with Crippen LogP contribution in [0.1, 0.15) is 5.56 Å². The zero-order valence-corrected chi connectivity index (χ0v) is 15.8. The number of carbonyl (C=O) groups excluding carboxylic acids is 1. The number of carbonyl (C=O) groups is 1. The second kappa shape index (κ2) is 7.95. The number of imidazole rings is 1. The molecule has 28 heavy (non-hydrogen) atoms. The van der Waals surface area contributed by atoms with Gasteiger partial charge in [-0.25, -0.2) is 0 Å². The Balaban J connectivity index is 1.65. The van der Waals surface area contributed by atoms with E-state index in [1.54, 1.807) is 16.5 Å². The molecule has 1 unspecified atom stereocenters. The van der Waals surface area contributed by atoms with E-state index >= 15 is 0 Å². The van der Waals surface area contributed by atoms with Gasteiger partial charge in [-0.2, -0.15) is 9.38 Å². The standard InChI is InChI=1S/C18H19N5O4S/c24-17(21-6-9-27-10-7-21)14(12-13-4-2-1-3-5-13)19-15-16(23(25)26)22-8-11-28-18(22)20-15/h1-5,8,11,14,19H,6-7,9-10,12H2. The molecule has 1 aromatic carbocycles.